The Kier molecular flexibility index (Phi) is 4.23. The maximum absolute atomic E-state index is 13.6. The molecule has 110 valence electrons. The molecule has 21 heavy (non-hydrogen) atoms. The van der Waals surface area contributed by atoms with Crippen molar-refractivity contribution in [2.24, 2.45) is 5.73 Å². The summed E-state index contributed by atoms with van der Waals surface area (Å²) >= 11 is 0. The molecule has 3 N–H and O–H groups in total. The van der Waals surface area contributed by atoms with Gasteiger partial charge in [0, 0.05) is 11.1 Å². The number of benzene rings is 2. The average molecular weight is 289 g/mol. The molecule has 0 unspecified atom stereocenters. The molecule has 0 saturated carbocycles. The van der Waals surface area contributed by atoms with E-state index in [4.69, 9.17) is 10.5 Å². The lowest BCUT2D eigenvalue weighted by Crippen LogP contribution is -2.10. The number of hydrogen-bond acceptors (Lipinski definition) is 3. The predicted molar refractivity (Wildman–Crippen MR) is 76.8 cm³/mol. The van der Waals surface area contributed by atoms with Crippen molar-refractivity contribution in [2.75, 3.05) is 0 Å². The number of rotatable bonds is 4. The largest absolute Gasteiger partial charge is 0.457 e. The van der Waals surface area contributed by atoms with Crippen molar-refractivity contribution in [3.63, 3.8) is 0 Å². The lowest BCUT2D eigenvalue weighted by atomic mass is 10.1. The fourth-order valence-electron chi connectivity index (χ4n) is 1.90. The van der Waals surface area contributed by atoms with E-state index in [0.717, 1.165) is 0 Å². The Balaban J connectivity index is 2.34. The average Bonchev–Trinajstić information content (AvgIpc) is 2.43. The second-order valence-corrected chi connectivity index (χ2v) is 4.81. The molecule has 2 aromatic rings. The van der Waals surface area contributed by atoms with E-state index in [1.54, 1.807) is 19.1 Å². The SMILES string of the molecule is Cc1cc(Oc2ccc(C(N)=O)cc2)c([C@H](C)O)cc1F. The summed E-state index contributed by atoms with van der Waals surface area (Å²) in [6, 6.07) is 9.04. The van der Waals surface area contributed by atoms with Gasteiger partial charge >= 0.3 is 0 Å². The van der Waals surface area contributed by atoms with Crippen molar-refractivity contribution in [1.82, 2.24) is 0 Å². The smallest absolute Gasteiger partial charge is 0.248 e. The Morgan fingerprint density at radius 1 is 1.29 bits per heavy atom. The van der Waals surface area contributed by atoms with E-state index in [-0.39, 0.29) is 0 Å². The first kappa shape index (κ1) is 15.0. The van der Waals surface area contributed by atoms with Crippen molar-refractivity contribution < 1.29 is 19.0 Å². The van der Waals surface area contributed by atoms with E-state index in [9.17, 15) is 14.3 Å². The summed E-state index contributed by atoms with van der Waals surface area (Å²) in [5.74, 6) is -0.0881. The normalized spacial score (nSPS) is 12.0. The summed E-state index contributed by atoms with van der Waals surface area (Å²) in [4.78, 5) is 11.0. The minimum atomic E-state index is -0.861. The van der Waals surface area contributed by atoms with Gasteiger partial charge in [-0.2, -0.15) is 0 Å². The number of ether oxygens (including phenoxy) is 1. The fraction of sp³-hybridized carbons (Fsp3) is 0.188. The van der Waals surface area contributed by atoms with Crippen molar-refractivity contribution >= 4 is 5.91 Å². The van der Waals surface area contributed by atoms with Crippen LogP contribution in [-0.4, -0.2) is 11.0 Å². The van der Waals surface area contributed by atoms with Crippen LogP contribution in [0, 0.1) is 12.7 Å². The Labute approximate surface area is 122 Å². The summed E-state index contributed by atoms with van der Waals surface area (Å²) < 4.78 is 19.2. The van der Waals surface area contributed by atoms with Crippen LogP contribution in [0.1, 0.15) is 34.5 Å². The second-order valence-electron chi connectivity index (χ2n) is 4.81. The minimum Gasteiger partial charge on any atom is -0.457 e. The van der Waals surface area contributed by atoms with Gasteiger partial charge in [0.05, 0.1) is 6.10 Å². The summed E-state index contributed by atoms with van der Waals surface area (Å²) in [6.07, 6.45) is -0.861. The molecule has 0 saturated heterocycles. The van der Waals surface area contributed by atoms with E-state index in [2.05, 4.69) is 0 Å². The number of amides is 1. The monoisotopic (exact) mass is 289 g/mol. The summed E-state index contributed by atoms with van der Waals surface area (Å²) in [7, 11) is 0. The molecule has 1 amide bonds. The number of aliphatic hydroxyl groups excluding tert-OH is 1. The van der Waals surface area contributed by atoms with Crippen molar-refractivity contribution in [1.29, 1.82) is 0 Å². The number of hydrogen-bond donors (Lipinski definition) is 2. The summed E-state index contributed by atoms with van der Waals surface area (Å²) in [5.41, 5.74) is 6.31. The van der Waals surface area contributed by atoms with E-state index in [0.29, 0.717) is 28.2 Å². The van der Waals surface area contributed by atoms with Crippen LogP contribution in [-0.2, 0) is 0 Å². The topological polar surface area (TPSA) is 72.5 Å². The molecule has 0 heterocycles. The van der Waals surface area contributed by atoms with Crippen LogP contribution in [0.2, 0.25) is 0 Å². The van der Waals surface area contributed by atoms with Crippen LogP contribution in [0.25, 0.3) is 0 Å². The fourth-order valence-corrected chi connectivity index (χ4v) is 1.90. The molecule has 0 aliphatic heterocycles. The number of carbonyl (C=O) groups is 1. The molecule has 2 rings (SSSR count). The van der Waals surface area contributed by atoms with Gasteiger partial charge in [-0.05, 0) is 55.8 Å². The highest BCUT2D eigenvalue weighted by atomic mass is 19.1. The van der Waals surface area contributed by atoms with Crippen LogP contribution in [0.5, 0.6) is 11.5 Å². The van der Waals surface area contributed by atoms with Gasteiger partial charge in [-0.15, -0.1) is 0 Å². The van der Waals surface area contributed by atoms with Crippen molar-refractivity contribution in [2.45, 2.75) is 20.0 Å². The molecule has 0 radical (unpaired) electrons. The van der Waals surface area contributed by atoms with Crippen LogP contribution >= 0.6 is 0 Å². The molecule has 0 aromatic heterocycles. The predicted octanol–water partition coefficient (Wildman–Crippen LogP) is 3.08. The zero-order valence-electron chi connectivity index (χ0n) is 11.8. The molecule has 0 aliphatic carbocycles. The van der Waals surface area contributed by atoms with Gasteiger partial charge in [-0.3, -0.25) is 4.79 Å². The van der Waals surface area contributed by atoms with Gasteiger partial charge in [0.25, 0.3) is 0 Å². The highest BCUT2D eigenvalue weighted by Crippen LogP contribution is 2.32. The molecule has 2 aromatic carbocycles. The van der Waals surface area contributed by atoms with Crippen LogP contribution in [0.4, 0.5) is 4.39 Å². The zero-order valence-corrected chi connectivity index (χ0v) is 11.8. The second kappa shape index (κ2) is 5.93. The third-order valence-electron chi connectivity index (χ3n) is 3.11. The number of carbonyl (C=O) groups excluding carboxylic acids is 1. The molecule has 4 nitrogen and oxygen atoms in total. The molecule has 0 bridgehead atoms. The third kappa shape index (κ3) is 3.38. The van der Waals surface area contributed by atoms with Gasteiger partial charge in [-0.25, -0.2) is 4.39 Å². The molecular weight excluding hydrogens is 273 g/mol. The third-order valence-corrected chi connectivity index (χ3v) is 3.11. The Morgan fingerprint density at radius 3 is 2.43 bits per heavy atom. The summed E-state index contributed by atoms with van der Waals surface area (Å²) in [6.45, 7) is 3.15. The number of primary amides is 1. The van der Waals surface area contributed by atoms with Gasteiger partial charge in [0.15, 0.2) is 0 Å². The van der Waals surface area contributed by atoms with Crippen molar-refractivity contribution in [3.05, 3.63) is 58.9 Å². The van der Waals surface area contributed by atoms with Crippen LogP contribution < -0.4 is 10.5 Å². The molecule has 5 heteroatoms. The number of halogens is 1. The van der Waals surface area contributed by atoms with Crippen molar-refractivity contribution in [3.8, 4) is 11.5 Å². The first-order chi connectivity index (χ1) is 9.88. The lowest BCUT2D eigenvalue weighted by Gasteiger charge is -2.14. The highest BCUT2D eigenvalue weighted by Gasteiger charge is 2.14. The first-order valence-corrected chi connectivity index (χ1v) is 6.44. The molecular formula is C16H16FNO3. The Morgan fingerprint density at radius 2 is 1.90 bits per heavy atom. The zero-order chi connectivity index (χ0) is 15.6. The first-order valence-electron chi connectivity index (χ1n) is 6.44. The Hall–Kier alpha value is -2.40. The van der Waals surface area contributed by atoms with E-state index in [1.165, 1.54) is 31.2 Å². The van der Waals surface area contributed by atoms with Crippen LogP contribution in [0.15, 0.2) is 36.4 Å². The van der Waals surface area contributed by atoms with Gasteiger partial charge < -0.3 is 15.6 Å². The van der Waals surface area contributed by atoms with Gasteiger partial charge in [0.2, 0.25) is 5.91 Å². The quantitative estimate of drug-likeness (QED) is 0.908. The maximum atomic E-state index is 13.6. The number of aliphatic hydroxyl groups is 1. The van der Waals surface area contributed by atoms with Gasteiger partial charge in [-0.1, -0.05) is 0 Å². The van der Waals surface area contributed by atoms with E-state index < -0.39 is 17.8 Å². The van der Waals surface area contributed by atoms with E-state index in [1.807, 2.05) is 0 Å². The van der Waals surface area contributed by atoms with Gasteiger partial charge in [0.1, 0.15) is 17.3 Å². The minimum absolute atomic E-state index is 0.358. The van der Waals surface area contributed by atoms with E-state index >= 15 is 0 Å². The Bertz CT molecular complexity index is 666. The van der Waals surface area contributed by atoms with Crippen LogP contribution in [0.3, 0.4) is 0 Å². The number of nitrogens with two attached hydrogens (primary N) is 1. The summed E-state index contributed by atoms with van der Waals surface area (Å²) in [5, 5.41) is 9.71. The molecule has 0 spiro atoms. The molecule has 1 atom stereocenters. The molecule has 0 aliphatic rings. The highest BCUT2D eigenvalue weighted by molar-refractivity contribution is 5.92. The number of aryl methyl sites for hydroxylation is 1. The standard InChI is InChI=1S/C16H16FNO3/c1-9-7-15(13(10(2)19)8-14(9)17)21-12-5-3-11(4-6-12)16(18)20/h3-8,10,19H,1-2H3,(H2,18,20)/t10-/m0/s1. The molecule has 0 fully saturated rings. The lowest BCUT2D eigenvalue weighted by molar-refractivity contribution is 0.100. The maximum Gasteiger partial charge on any atom is 0.248 e.